The maximum atomic E-state index is 12.0. The molecule has 1 aromatic rings. The molecule has 0 spiro atoms. The van der Waals surface area contributed by atoms with Crippen LogP contribution in [0.1, 0.15) is 17.3 Å². The predicted octanol–water partition coefficient (Wildman–Crippen LogP) is 0.707. The molecule has 0 unspecified atom stereocenters. The van der Waals surface area contributed by atoms with Crippen LogP contribution in [0.15, 0.2) is 24.3 Å². The average Bonchev–Trinajstić information content (AvgIpc) is 2.54. The number of benzene rings is 1. The minimum Gasteiger partial charge on any atom is -0.378 e. The van der Waals surface area contributed by atoms with Crippen molar-refractivity contribution in [2.45, 2.75) is 6.92 Å². The molecule has 0 radical (unpaired) electrons. The molecule has 2 rings (SSSR count). The summed E-state index contributed by atoms with van der Waals surface area (Å²) in [5, 5.41) is 5.82. The third kappa shape index (κ3) is 4.46. The largest absolute Gasteiger partial charge is 0.378 e. The smallest absolute Gasteiger partial charge is 0.251 e. The van der Waals surface area contributed by atoms with E-state index in [0.29, 0.717) is 38.4 Å². The van der Waals surface area contributed by atoms with Gasteiger partial charge in [-0.2, -0.15) is 0 Å². The number of hydrogen-bond donors (Lipinski definition) is 2. The van der Waals surface area contributed by atoms with E-state index in [0.717, 1.165) is 5.69 Å². The van der Waals surface area contributed by atoms with E-state index >= 15 is 0 Å². The molecule has 6 nitrogen and oxygen atoms in total. The number of morpholine rings is 1. The summed E-state index contributed by atoms with van der Waals surface area (Å²) in [4.78, 5) is 25.4. The first-order valence-corrected chi connectivity index (χ1v) is 7.18. The van der Waals surface area contributed by atoms with E-state index in [4.69, 9.17) is 4.74 Å². The normalized spacial score (nSPS) is 14.6. The van der Waals surface area contributed by atoms with Gasteiger partial charge >= 0.3 is 0 Å². The molecular weight excluding hydrogens is 270 g/mol. The Morgan fingerprint density at radius 2 is 1.86 bits per heavy atom. The van der Waals surface area contributed by atoms with Crippen LogP contribution in [0.25, 0.3) is 0 Å². The molecule has 2 N–H and O–H groups in total. The molecule has 1 heterocycles. The van der Waals surface area contributed by atoms with Crippen LogP contribution >= 0.6 is 0 Å². The van der Waals surface area contributed by atoms with Gasteiger partial charge in [-0.1, -0.05) is 0 Å². The van der Waals surface area contributed by atoms with Crippen LogP contribution in [0.5, 0.6) is 0 Å². The number of rotatable bonds is 5. The van der Waals surface area contributed by atoms with Gasteiger partial charge in [0.05, 0.1) is 19.8 Å². The number of ether oxygens (including phenoxy) is 1. The molecule has 6 heteroatoms. The van der Waals surface area contributed by atoms with Crippen molar-refractivity contribution in [1.82, 2.24) is 10.2 Å². The number of nitrogens with zero attached hydrogens (tertiary/aromatic N) is 1. The van der Waals surface area contributed by atoms with E-state index < -0.39 is 0 Å². The Morgan fingerprint density at radius 3 is 2.48 bits per heavy atom. The Bertz CT molecular complexity index is 481. The van der Waals surface area contributed by atoms with Gasteiger partial charge in [0.25, 0.3) is 5.91 Å². The summed E-state index contributed by atoms with van der Waals surface area (Å²) < 4.78 is 5.22. The zero-order valence-electron chi connectivity index (χ0n) is 12.2. The third-order valence-corrected chi connectivity index (χ3v) is 3.29. The highest BCUT2D eigenvalue weighted by Crippen LogP contribution is 2.09. The van der Waals surface area contributed by atoms with Crippen LogP contribution in [0.3, 0.4) is 0 Å². The molecule has 1 fully saturated rings. The number of carbonyl (C=O) groups is 2. The quantitative estimate of drug-likeness (QED) is 0.838. The lowest BCUT2D eigenvalue weighted by atomic mass is 10.2. The van der Waals surface area contributed by atoms with Crippen molar-refractivity contribution in [2.24, 2.45) is 0 Å². The van der Waals surface area contributed by atoms with E-state index in [1.54, 1.807) is 29.2 Å². The van der Waals surface area contributed by atoms with Gasteiger partial charge in [-0.3, -0.25) is 9.59 Å². The standard InChI is InChI=1S/C15H21N3O3/c1-2-16-15(20)12-3-5-13(6-4-12)17-11-14(19)18-7-9-21-10-8-18/h3-6,17H,2,7-11H2,1H3,(H,16,20). The summed E-state index contributed by atoms with van der Waals surface area (Å²) in [6.07, 6.45) is 0. The van der Waals surface area contributed by atoms with Gasteiger partial charge in [0.2, 0.25) is 5.91 Å². The highest BCUT2D eigenvalue weighted by molar-refractivity contribution is 5.94. The van der Waals surface area contributed by atoms with Crippen LogP contribution < -0.4 is 10.6 Å². The lowest BCUT2D eigenvalue weighted by Crippen LogP contribution is -2.43. The SMILES string of the molecule is CCNC(=O)c1ccc(NCC(=O)N2CCOCC2)cc1. The van der Waals surface area contributed by atoms with Crippen molar-refractivity contribution in [3.63, 3.8) is 0 Å². The van der Waals surface area contributed by atoms with Crippen LogP contribution in [-0.2, 0) is 9.53 Å². The number of hydrogen-bond acceptors (Lipinski definition) is 4. The first-order chi connectivity index (χ1) is 10.2. The summed E-state index contributed by atoms with van der Waals surface area (Å²) in [6.45, 7) is 5.24. The van der Waals surface area contributed by atoms with Crippen LogP contribution in [-0.4, -0.2) is 56.1 Å². The first-order valence-electron chi connectivity index (χ1n) is 7.18. The number of carbonyl (C=O) groups excluding carboxylic acids is 2. The lowest BCUT2D eigenvalue weighted by molar-refractivity contribution is -0.133. The van der Waals surface area contributed by atoms with Gasteiger partial charge in [0.15, 0.2) is 0 Å². The van der Waals surface area contributed by atoms with E-state index in [1.165, 1.54) is 0 Å². The van der Waals surface area contributed by atoms with Crippen molar-refractivity contribution in [3.8, 4) is 0 Å². The van der Waals surface area contributed by atoms with Gasteiger partial charge in [-0.05, 0) is 31.2 Å². The molecule has 0 aromatic heterocycles. The number of amides is 2. The van der Waals surface area contributed by atoms with Crippen LogP contribution in [0.2, 0.25) is 0 Å². The Hall–Kier alpha value is -2.08. The summed E-state index contributed by atoms with van der Waals surface area (Å²) >= 11 is 0. The zero-order valence-corrected chi connectivity index (χ0v) is 12.2. The number of nitrogens with one attached hydrogen (secondary N) is 2. The molecule has 1 aliphatic rings. The summed E-state index contributed by atoms with van der Waals surface area (Å²) in [7, 11) is 0. The van der Waals surface area contributed by atoms with Gasteiger partial charge in [-0.15, -0.1) is 0 Å². The molecule has 0 aliphatic carbocycles. The topological polar surface area (TPSA) is 70.7 Å². The van der Waals surface area contributed by atoms with Crippen molar-refractivity contribution in [3.05, 3.63) is 29.8 Å². The lowest BCUT2D eigenvalue weighted by Gasteiger charge is -2.27. The van der Waals surface area contributed by atoms with Crippen LogP contribution in [0.4, 0.5) is 5.69 Å². The molecule has 1 saturated heterocycles. The fraction of sp³-hybridized carbons (Fsp3) is 0.467. The summed E-state index contributed by atoms with van der Waals surface area (Å²) in [6, 6.07) is 7.09. The van der Waals surface area contributed by atoms with Crippen LogP contribution in [0, 0.1) is 0 Å². The maximum Gasteiger partial charge on any atom is 0.251 e. The van der Waals surface area contributed by atoms with E-state index in [2.05, 4.69) is 10.6 Å². The Kier molecular flexibility index (Phi) is 5.57. The number of anilines is 1. The fourth-order valence-electron chi connectivity index (χ4n) is 2.10. The van der Waals surface area contributed by atoms with E-state index in [9.17, 15) is 9.59 Å². The summed E-state index contributed by atoms with van der Waals surface area (Å²) in [5.41, 5.74) is 1.44. The molecule has 0 atom stereocenters. The maximum absolute atomic E-state index is 12.0. The van der Waals surface area contributed by atoms with Crippen molar-refractivity contribution < 1.29 is 14.3 Å². The fourth-order valence-corrected chi connectivity index (χ4v) is 2.10. The summed E-state index contributed by atoms with van der Waals surface area (Å²) in [5.74, 6) is -0.0282. The third-order valence-electron chi connectivity index (χ3n) is 3.29. The van der Waals surface area contributed by atoms with Gasteiger partial charge in [0, 0.05) is 30.9 Å². The highest BCUT2D eigenvalue weighted by atomic mass is 16.5. The predicted molar refractivity (Wildman–Crippen MR) is 80.3 cm³/mol. The van der Waals surface area contributed by atoms with E-state index in [-0.39, 0.29) is 18.4 Å². The Balaban J connectivity index is 1.83. The molecule has 21 heavy (non-hydrogen) atoms. The second-order valence-electron chi connectivity index (χ2n) is 4.78. The van der Waals surface area contributed by atoms with Crippen molar-refractivity contribution >= 4 is 17.5 Å². The minimum atomic E-state index is -0.0894. The van der Waals surface area contributed by atoms with Crippen molar-refractivity contribution in [1.29, 1.82) is 0 Å². The van der Waals surface area contributed by atoms with E-state index in [1.807, 2.05) is 6.92 Å². The Morgan fingerprint density at radius 1 is 1.19 bits per heavy atom. The first kappa shape index (κ1) is 15.3. The monoisotopic (exact) mass is 291 g/mol. The van der Waals surface area contributed by atoms with Gasteiger partial charge < -0.3 is 20.3 Å². The molecule has 0 saturated carbocycles. The van der Waals surface area contributed by atoms with Gasteiger partial charge in [0.1, 0.15) is 0 Å². The average molecular weight is 291 g/mol. The molecule has 114 valence electrons. The Labute approximate surface area is 124 Å². The second kappa shape index (κ2) is 7.64. The highest BCUT2D eigenvalue weighted by Gasteiger charge is 2.16. The molecular formula is C15H21N3O3. The van der Waals surface area contributed by atoms with Gasteiger partial charge in [-0.25, -0.2) is 0 Å². The van der Waals surface area contributed by atoms with Crippen molar-refractivity contribution in [2.75, 3.05) is 44.7 Å². The second-order valence-corrected chi connectivity index (χ2v) is 4.78. The molecule has 0 bridgehead atoms. The molecule has 1 aliphatic heterocycles. The molecule has 2 amide bonds. The molecule has 1 aromatic carbocycles. The minimum absolute atomic E-state index is 0.0612. The zero-order chi connectivity index (χ0) is 15.1.